The zero-order chi connectivity index (χ0) is 18.4. The van der Waals surface area contributed by atoms with E-state index in [1.54, 1.807) is 24.1 Å². The summed E-state index contributed by atoms with van der Waals surface area (Å²) in [5.74, 6) is 0.266. The van der Waals surface area contributed by atoms with Gasteiger partial charge in [-0.15, -0.1) is 0 Å². The lowest BCUT2D eigenvalue weighted by molar-refractivity contribution is -0.159. The molecule has 1 amide bonds. The molecule has 1 aliphatic rings. The number of hydrogen-bond acceptors (Lipinski definition) is 4. The van der Waals surface area contributed by atoms with Crippen LogP contribution < -0.4 is 4.74 Å². The molecular weight excluding hydrogens is 337 g/mol. The Bertz CT molecular complexity index is 729. The van der Waals surface area contributed by atoms with E-state index in [9.17, 15) is 9.18 Å². The molecule has 0 radical (unpaired) electrons. The van der Waals surface area contributed by atoms with Crippen LogP contribution in [-0.4, -0.2) is 43.8 Å². The maximum atomic E-state index is 13.5. The molecule has 1 heterocycles. The Hall–Kier alpha value is -2.44. The van der Waals surface area contributed by atoms with Crippen molar-refractivity contribution in [2.45, 2.75) is 19.2 Å². The molecular formula is C20H22FNO4. The molecule has 0 bridgehead atoms. The first kappa shape index (κ1) is 18.4. The number of carbonyl (C=O) groups excluding carboxylic acids is 1. The molecule has 5 nitrogen and oxygen atoms in total. The third kappa shape index (κ3) is 4.80. The van der Waals surface area contributed by atoms with Gasteiger partial charge in [0.15, 0.2) is 6.10 Å². The lowest BCUT2D eigenvalue weighted by atomic mass is 10.1. The van der Waals surface area contributed by atoms with Crippen LogP contribution in [0.25, 0.3) is 0 Å². The highest BCUT2D eigenvalue weighted by atomic mass is 19.1. The molecule has 138 valence electrons. The molecule has 0 aliphatic carbocycles. The largest absolute Gasteiger partial charge is 0.497 e. The SMILES string of the molecule is COc1ccc(CN(Cc2cccc(F)c2)C(=O)[C@@H]2COCCO2)cc1. The van der Waals surface area contributed by atoms with E-state index in [4.69, 9.17) is 14.2 Å². The van der Waals surface area contributed by atoms with Gasteiger partial charge in [0.25, 0.3) is 5.91 Å². The summed E-state index contributed by atoms with van der Waals surface area (Å²) in [5.41, 5.74) is 1.68. The summed E-state index contributed by atoms with van der Waals surface area (Å²) in [6.45, 7) is 1.81. The van der Waals surface area contributed by atoms with Gasteiger partial charge in [0, 0.05) is 13.1 Å². The minimum atomic E-state index is -0.629. The minimum Gasteiger partial charge on any atom is -0.497 e. The number of carbonyl (C=O) groups is 1. The van der Waals surface area contributed by atoms with Gasteiger partial charge in [-0.2, -0.15) is 0 Å². The molecule has 0 saturated carbocycles. The Morgan fingerprint density at radius 3 is 2.58 bits per heavy atom. The summed E-state index contributed by atoms with van der Waals surface area (Å²) >= 11 is 0. The normalized spacial score (nSPS) is 16.9. The van der Waals surface area contributed by atoms with Gasteiger partial charge in [-0.1, -0.05) is 24.3 Å². The van der Waals surface area contributed by atoms with Crippen molar-refractivity contribution in [2.75, 3.05) is 26.9 Å². The first-order chi connectivity index (χ1) is 12.7. The van der Waals surface area contributed by atoms with E-state index < -0.39 is 6.10 Å². The van der Waals surface area contributed by atoms with Crippen molar-refractivity contribution in [1.29, 1.82) is 0 Å². The van der Waals surface area contributed by atoms with E-state index in [0.29, 0.717) is 26.3 Å². The summed E-state index contributed by atoms with van der Waals surface area (Å²) in [6, 6.07) is 13.8. The van der Waals surface area contributed by atoms with Crippen LogP contribution in [0.1, 0.15) is 11.1 Å². The van der Waals surface area contributed by atoms with Crippen LogP contribution in [0.3, 0.4) is 0 Å². The van der Waals surface area contributed by atoms with Crippen molar-refractivity contribution in [3.05, 3.63) is 65.5 Å². The Kier molecular flexibility index (Phi) is 6.20. The summed E-state index contributed by atoms with van der Waals surface area (Å²) < 4.78 is 29.6. The van der Waals surface area contributed by atoms with E-state index in [2.05, 4.69) is 0 Å². The van der Waals surface area contributed by atoms with Crippen molar-refractivity contribution in [2.24, 2.45) is 0 Å². The lowest BCUT2D eigenvalue weighted by Gasteiger charge is -2.29. The molecule has 0 unspecified atom stereocenters. The Balaban J connectivity index is 1.78. The van der Waals surface area contributed by atoms with Crippen LogP contribution in [0, 0.1) is 5.82 Å². The van der Waals surface area contributed by atoms with E-state index in [1.165, 1.54) is 12.1 Å². The van der Waals surface area contributed by atoms with Gasteiger partial charge >= 0.3 is 0 Å². The van der Waals surface area contributed by atoms with E-state index in [0.717, 1.165) is 16.9 Å². The lowest BCUT2D eigenvalue weighted by Crippen LogP contribution is -2.44. The first-order valence-electron chi connectivity index (χ1n) is 8.51. The van der Waals surface area contributed by atoms with Crippen LogP contribution in [0.15, 0.2) is 48.5 Å². The molecule has 1 aliphatic heterocycles. The Labute approximate surface area is 152 Å². The maximum Gasteiger partial charge on any atom is 0.254 e. The van der Waals surface area contributed by atoms with Crippen LogP contribution in [-0.2, 0) is 27.4 Å². The van der Waals surface area contributed by atoms with Crippen molar-refractivity contribution >= 4 is 5.91 Å². The molecule has 0 aromatic heterocycles. The molecule has 26 heavy (non-hydrogen) atoms. The number of rotatable bonds is 6. The third-order valence-electron chi connectivity index (χ3n) is 4.20. The smallest absolute Gasteiger partial charge is 0.254 e. The monoisotopic (exact) mass is 359 g/mol. The highest BCUT2D eigenvalue weighted by Crippen LogP contribution is 2.17. The molecule has 1 atom stereocenters. The number of amides is 1. The Morgan fingerprint density at radius 2 is 1.92 bits per heavy atom. The molecule has 2 aromatic carbocycles. The number of nitrogens with zero attached hydrogens (tertiary/aromatic N) is 1. The predicted octanol–water partition coefficient (Wildman–Crippen LogP) is 2.78. The summed E-state index contributed by atoms with van der Waals surface area (Å²) in [5, 5.41) is 0. The zero-order valence-corrected chi connectivity index (χ0v) is 14.7. The van der Waals surface area contributed by atoms with Gasteiger partial charge in [0.1, 0.15) is 11.6 Å². The fourth-order valence-electron chi connectivity index (χ4n) is 2.85. The van der Waals surface area contributed by atoms with Crippen molar-refractivity contribution in [1.82, 2.24) is 4.90 Å². The highest BCUT2D eigenvalue weighted by molar-refractivity contribution is 5.81. The highest BCUT2D eigenvalue weighted by Gasteiger charge is 2.28. The van der Waals surface area contributed by atoms with Gasteiger partial charge < -0.3 is 19.1 Å². The van der Waals surface area contributed by atoms with Crippen LogP contribution in [0.2, 0.25) is 0 Å². The maximum absolute atomic E-state index is 13.5. The van der Waals surface area contributed by atoms with Crippen molar-refractivity contribution < 1.29 is 23.4 Å². The molecule has 6 heteroatoms. The van der Waals surface area contributed by atoms with Gasteiger partial charge in [-0.3, -0.25) is 4.79 Å². The average molecular weight is 359 g/mol. The molecule has 1 saturated heterocycles. The van der Waals surface area contributed by atoms with E-state index >= 15 is 0 Å². The second kappa shape index (κ2) is 8.78. The molecule has 0 spiro atoms. The number of methoxy groups -OCH3 is 1. The van der Waals surface area contributed by atoms with Crippen LogP contribution >= 0.6 is 0 Å². The van der Waals surface area contributed by atoms with Crippen LogP contribution in [0.5, 0.6) is 5.75 Å². The second-order valence-electron chi connectivity index (χ2n) is 6.11. The van der Waals surface area contributed by atoms with E-state index in [-0.39, 0.29) is 18.3 Å². The standard InChI is InChI=1S/C20H22FNO4/c1-24-18-7-5-15(6-8-18)12-22(13-16-3-2-4-17(21)11-16)20(23)19-14-25-9-10-26-19/h2-8,11,19H,9-10,12-14H2,1H3/t19-/m0/s1. The number of hydrogen-bond donors (Lipinski definition) is 0. The van der Waals surface area contributed by atoms with Crippen molar-refractivity contribution in [3.63, 3.8) is 0 Å². The topological polar surface area (TPSA) is 48.0 Å². The van der Waals surface area contributed by atoms with E-state index in [1.807, 2.05) is 24.3 Å². The minimum absolute atomic E-state index is 0.162. The van der Waals surface area contributed by atoms with Gasteiger partial charge in [-0.25, -0.2) is 4.39 Å². The third-order valence-corrected chi connectivity index (χ3v) is 4.20. The van der Waals surface area contributed by atoms with Crippen molar-refractivity contribution in [3.8, 4) is 5.75 Å². The second-order valence-corrected chi connectivity index (χ2v) is 6.11. The fraction of sp³-hybridized carbons (Fsp3) is 0.350. The van der Waals surface area contributed by atoms with Gasteiger partial charge in [0.2, 0.25) is 0 Å². The molecule has 2 aromatic rings. The Morgan fingerprint density at radius 1 is 1.15 bits per heavy atom. The average Bonchev–Trinajstić information content (AvgIpc) is 2.68. The van der Waals surface area contributed by atoms with Gasteiger partial charge in [-0.05, 0) is 35.4 Å². The fourth-order valence-corrected chi connectivity index (χ4v) is 2.85. The summed E-state index contributed by atoms with van der Waals surface area (Å²) in [4.78, 5) is 14.6. The van der Waals surface area contributed by atoms with Gasteiger partial charge in [0.05, 0.1) is 26.9 Å². The summed E-state index contributed by atoms with van der Waals surface area (Å²) in [6.07, 6.45) is -0.629. The first-order valence-corrected chi connectivity index (χ1v) is 8.51. The van der Waals surface area contributed by atoms with Crippen LogP contribution in [0.4, 0.5) is 4.39 Å². The predicted molar refractivity (Wildman–Crippen MR) is 94.2 cm³/mol. The molecule has 3 rings (SSSR count). The molecule has 1 fully saturated rings. The number of benzene rings is 2. The molecule has 0 N–H and O–H groups in total. The zero-order valence-electron chi connectivity index (χ0n) is 14.7. The summed E-state index contributed by atoms with van der Waals surface area (Å²) in [7, 11) is 1.61. The number of ether oxygens (including phenoxy) is 3. The quantitative estimate of drug-likeness (QED) is 0.796. The number of halogens is 1.